The fourth-order valence-electron chi connectivity index (χ4n) is 2.32. The number of amides is 1. The average Bonchev–Trinajstić information content (AvgIpc) is 2.61. The molecule has 0 aliphatic carbocycles. The van der Waals surface area contributed by atoms with Gasteiger partial charge in [-0.25, -0.2) is 0 Å². The molecule has 0 unspecified atom stereocenters. The number of benzene rings is 2. The number of methoxy groups -OCH3 is 1. The summed E-state index contributed by atoms with van der Waals surface area (Å²) in [6.45, 7) is 1.44. The van der Waals surface area contributed by atoms with Crippen LogP contribution in [0.15, 0.2) is 42.5 Å². The summed E-state index contributed by atoms with van der Waals surface area (Å²) in [5, 5.41) is 13.7. The number of para-hydroxylation sites is 1. The van der Waals surface area contributed by atoms with E-state index in [9.17, 15) is 19.7 Å². The summed E-state index contributed by atoms with van der Waals surface area (Å²) in [5.74, 6) is 0.423. The summed E-state index contributed by atoms with van der Waals surface area (Å²) in [6.07, 6.45) is 0. The lowest BCUT2D eigenvalue weighted by Gasteiger charge is -2.09. The second-order valence-corrected chi connectivity index (χ2v) is 6.39. The maximum atomic E-state index is 12.1. The number of carbonyl (C=O) groups excluding carboxylic acids is 2. The highest BCUT2D eigenvalue weighted by molar-refractivity contribution is 7.99. The smallest absolute Gasteiger partial charge is 0.311 e. The fourth-order valence-corrected chi connectivity index (χ4v) is 3.09. The van der Waals surface area contributed by atoms with Crippen molar-refractivity contribution in [3.63, 3.8) is 0 Å². The number of rotatable bonds is 8. The molecule has 1 N–H and O–H groups in total. The lowest BCUT2D eigenvalue weighted by atomic mass is 10.1. The third-order valence-corrected chi connectivity index (χ3v) is 4.53. The molecular weight excluding hydrogens is 356 g/mol. The van der Waals surface area contributed by atoms with Gasteiger partial charge in [0.25, 0.3) is 0 Å². The number of carbonyl (C=O) groups is 2. The van der Waals surface area contributed by atoms with Gasteiger partial charge in [-0.2, -0.15) is 0 Å². The van der Waals surface area contributed by atoms with E-state index >= 15 is 0 Å². The van der Waals surface area contributed by atoms with E-state index in [1.54, 1.807) is 30.3 Å². The number of Topliss-reactive ketones (excluding diaryl/α,β-unsaturated/α-hetero) is 1. The van der Waals surface area contributed by atoms with Crippen LogP contribution in [0.3, 0.4) is 0 Å². The van der Waals surface area contributed by atoms with E-state index in [-0.39, 0.29) is 28.9 Å². The van der Waals surface area contributed by atoms with Gasteiger partial charge < -0.3 is 10.1 Å². The maximum Gasteiger partial charge on any atom is 0.311 e. The summed E-state index contributed by atoms with van der Waals surface area (Å²) in [4.78, 5) is 34.2. The first kappa shape index (κ1) is 19.5. The van der Waals surface area contributed by atoms with Crippen molar-refractivity contribution in [3.8, 4) is 5.75 Å². The lowest BCUT2D eigenvalue weighted by Crippen LogP contribution is -2.16. The highest BCUT2D eigenvalue weighted by Gasteiger charge is 2.15. The van der Waals surface area contributed by atoms with Crippen molar-refractivity contribution >= 4 is 34.8 Å². The van der Waals surface area contributed by atoms with Gasteiger partial charge in [-0.3, -0.25) is 19.7 Å². The van der Waals surface area contributed by atoms with Crippen molar-refractivity contribution in [1.29, 1.82) is 0 Å². The minimum atomic E-state index is -0.502. The molecule has 0 atom stereocenters. The van der Waals surface area contributed by atoms with Crippen LogP contribution in [0.1, 0.15) is 22.8 Å². The third-order valence-electron chi connectivity index (χ3n) is 3.52. The SMILES string of the molecule is COc1ccc(CSCC(=O)Nc2ccccc2C(C)=O)cc1[N+](=O)[O-]. The van der Waals surface area contributed by atoms with Gasteiger partial charge in [0.2, 0.25) is 5.91 Å². The zero-order chi connectivity index (χ0) is 19.1. The van der Waals surface area contributed by atoms with E-state index in [2.05, 4.69) is 5.32 Å². The number of nitrogens with zero attached hydrogens (tertiary/aromatic N) is 1. The Morgan fingerprint density at radius 2 is 1.96 bits per heavy atom. The van der Waals surface area contributed by atoms with Crippen molar-refractivity contribution < 1.29 is 19.2 Å². The van der Waals surface area contributed by atoms with E-state index in [0.717, 1.165) is 5.56 Å². The maximum absolute atomic E-state index is 12.1. The van der Waals surface area contributed by atoms with Crippen LogP contribution in [-0.2, 0) is 10.5 Å². The third kappa shape index (κ3) is 5.06. The molecule has 2 aromatic rings. The molecule has 0 radical (unpaired) electrons. The summed E-state index contributed by atoms with van der Waals surface area (Å²) in [7, 11) is 1.37. The Morgan fingerprint density at radius 3 is 2.62 bits per heavy atom. The molecule has 136 valence electrons. The van der Waals surface area contributed by atoms with E-state index in [4.69, 9.17) is 4.74 Å². The van der Waals surface area contributed by atoms with E-state index in [0.29, 0.717) is 17.0 Å². The molecule has 0 aromatic heterocycles. The normalized spacial score (nSPS) is 10.2. The van der Waals surface area contributed by atoms with Gasteiger partial charge in [-0.05, 0) is 30.7 Å². The average molecular weight is 374 g/mol. The predicted octanol–water partition coefficient (Wildman–Crippen LogP) is 3.68. The zero-order valence-corrected chi connectivity index (χ0v) is 15.2. The van der Waals surface area contributed by atoms with Gasteiger partial charge in [-0.15, -0.1) is 11.8 Å². The van der Waals surface area contributed by atoms with Crippen LogP contribution in [0, 0.1) is 10.1 Å². The van der Waals surface area contributed by atoms with E-state index in [1.807, 2.05) is 0 Å². The van der Waals surface area contributed by atoms with Crippen molar-refractivity contribution in [1.82, 2.24) is 0 Å². The van der Waals surface area contributed by atoms with Crippen molar-refractivity contribution in [2.75, 3.05) is 18.2 Å². The Labute approximate surface area is 154 Å². The van der Waals surface area contributed by atoms with Crippen LogP contribution in [0.4, 0.5) is 11.4 Å². The molecule has 0 saturated carbocycles. The first-order chi connectivity index (χ1) is 12.4. The minimum Gasteiger partial charge on any atom is -0.490 e. The molecule has 0 spiro atoms. The molecule has 2 rings (SSSR count). The zero-order valence-electron chi connectivity index (χ0n) is 14.4. The van der Waals surface area contributed by atoms with Gasteiger partial charge in [0.1, 0.15) is 0 Å². The molecule has 0 saturated heterocycles. The first-order valence-electron chi connectivity index (χ1n) is 7.71. The number of hydrogen-bond acceptors (Lipinski definition) is 6. The summed E-state index contributed by atoms with van der Waals surface area (Å²) >= 11 is 1.32. The van der Waals surface area contributed by atoms with Crippen molar-refractivity contribution in [3.05, 3.63) is 63.7 Å². The van der Waals surface area contributed by atoms with Gasteiger partial charge in [0.05, 0.1) is 23.5 Å². The minimum absolute atomic E-state index is 0.106. The Morgan fingerprint density at radius 1 is 1.23 bits per heavy atom. The Kier molecular flexibility index (Phi) is 6.74. The van der Waals surface area contributed by atoms with Crippen LogP contribution in [-0.4, -0.2) is 29.5 Å². The Bertz CT molecular complexity index is 838. The number of anilines is 1. The molecule has 2 aromatic carbocycles. The molecule has 0 fully saturated rings. The highest BCUT2D eigenvalue weighted by atomic mass is 32.2. The number of thioether (sulfide) groups is 1. The van der Waals surface area contributed by atoms with Gasteiger partial charge in [0.15, 0.2) is 11.5 Å². The van der Waals surface area contributed by atoms with E-state index in [1.165, 1.54) is 37.9 Å². The molecular formula is C18H18N2O5S. The lowest BCUT2D eigenvalue weighted by molar-refractivity contribution is -0.385. The molecule has 0 aliphatic rings. The standard InChI is InChI=1S/C18H18N2O5S/c1-12(21)14-5-3-4-6-15(14)19-18(22)11-26-10-13-7-8-17(25-2)16(9-13)20(23)24/h3-9H,10-11H2,1-2H3,(H,19,22). The van der Waals surface area contributed by atoms with Gasteiger partial charge >= 0.3 is 5.69 Å². The number of hydrogen-bond donors (Lipinski definition) is 1. The molecule has 1 amide bonds. The molecule has 0 aliphatic heterocycles. The van der Waals surface area contributed by atoms with Crippen LogP contribution < -0.4 is 10.1 Å². The molecule has 0 bridgehead atoms. The largest absolute Gasteiger partial charge is 0.490 e. The number of ether oxygens (including phenoxy) is 1. The predicted molar refractivity (Wildman–Crippen MR) is 101 cm³/mol. The number of nitrogens with one attached hydrogen (secondary N) is 1. The number of nitro groups is 1. The fraction of sp³-hybridized carbons (Fsp3) is 0.222. The second-order valence-electron chi connectivity index (χ2n) is 5.41. The first-order valence-corrected chi connectivity index (χ1v) is 8.86. The number of nitro benzene ring substituents is 1. The quantitative estimate of drug-likeness (QED) is 0.430. The summed E-state index contributed by atoms with van der Waals surface area (Å²) in [5.41, 5.74) is 1.55. The van der Waals surface area contributed by atoms with Crippen LogP contribution in [0.5, 0.6) is 5.75 Å². The topological polar surface area (TPSA) is 98.5 Å². The monoisotopic (exact) mass is 374 g/mol. The van der Waals surface area contributed by atoms with Crippen molar-refractivity contribution in [2.45, 2.75) is 12.7 Å². The van der Waals surface area contributed by atoms with Crippen LogP contribution in [0.25, 0.3) is 0 Å². The second kappa shape index (κ2) is 9.00. The summed E-state index contributed by atoms with van der Waals surface area (Å²) in [6, 6.07) is 11.5. The number of ketones is 1. The highest BCUT2D eigenvalue weighted by Crippen LogP contribution is 2.29. The van der Waals surface area contributed by atoms with Gasteiger partial charge in [0, 0.05) is 17.4 Å². The molecule has 26 heavy (non-hydrogen) atoms. The Balaban J connectivity index is 1.94. The van der Waals surface area contributed by atoms with Crippen LogP contribution >= 0.6 is 11.8 Å². The van der Waals surface area contributed by atoms with Crippen molar-refractivity contribution in [2.24, 2.45) is 0 Å². The molecule has 0 heterocycles. The Hall–Kier alpha value is -2.87. The van der Waals surface area contributed by atoms with Gasteiger partial charge in [-0.1, -0.05) is 18.2 Å². The van der Waals surface area contributed by atoms with Crippen LogP contribution in [0.2, 0.25) is 0 Å². The molecule has 7 nitrogen and oxygen atoms in total. The van der Waals surface area contributed by atoms with E-state index < -0.39 is 4.92 Å². The molecule has 8 heteroatoms. The summed E-state index contributed by atoms with van der Waals surface area (Å²) < 4.78 is 4.96.